The van der Waals surface area contributed by atoms with E-state index in [2.05, 4.69) is 11.0 Å². The molecule has 0 spiro atoms. The van der Waals surface area contributed by atoms with E-state index in [9.17, 15) is 9.90 Å². The molecule has 0 aliphatic carbocycles. The summed E-state index contributed by atoms with van der Waals surface area (Å²) in [5, 5.41) is 9.86. The van der Waals surface area contributed by atoms with Gasteiger partial charge in [0.15, 0.2) is 0 Å². The first kappa shape index (κ1) is 12.3. The van der Waals surface area contributed by atoms with E-state index in [0.717, 1.165) is 25.1 Å². The minimum atomic E-state index is -0.315. The smallest absolute Gasteiger partial charge is 0.333 e. The zero-order valence-corrected chi connectivity index (χ0v) is 10.3. The van der Waals surface area contributed by atoms with Crippen molar-refractivity contribution in [3.05, 3.63) is 23.3 Å². The summed E-state index contributed by atoms with van der Waals surface area (Å²) in [5.41, 5.74) is 1.65. The monoisotopic (exact) mass is 237 g/mol. The lowest BCUT2D eigenvalue weighted by atomic mass is 10.1. The van der Waals surface area contributed by atoms with E-state index < -0.39 is 0 Å². The average molecular weight is 237 g/mol. The fraction of sp³-hybridized carbons (Fsp3) is 0.615. The number of aliphatic hydroxyl groups is 1. The highest BCUT2D eigenvalue weighted by Gasteiger charge is 2.38. The van der Waals surface area contributed by atoms with Crippen LogP contribution in [0, 0.1) is 0 Å². The molecule has 2 heterocycles. The lowest BCUT2D eigenvalue weighted by molar-refractivity contribution is -0.138. The van der Waals surface area contributed by atoms with Crippen LogP contribution in [0.3, 0.4) is 0 Å². The Hall–Kier alpha value is -1.13. The van der Waals surface area contributed by atoms with Gasteiger partial charge in [-0.05, 0) is 25.8 Å². The summed E-state index contributed by atoms with van der Waals surface area (Å²) in [6.45, 7) is 5.63. The highest BCUT2D eigenvalue weighted by molar-refractivity contribution is 5.87. The van der Waals surface area contributed by atoms with Crippen molar-refractivity contribution < 1.29 is 14.6 Å². The van der Waals surface area contributed by atoms with Crippen LogP contribution in [0.2, 0.25) is 0 Å². The van der Waals surface area contributed by atoms with Gasteiger partial charge in [0.25, 0.3) is 0 Å². The Labute approximate surface area is 102 Å². The number of ether oxygens (including phenoxy) is 1. The highest BCUT2D eigenvalue weighted by Crippen LogP contribution is 2.29. The third-order valence-electron chi connectivity index (χ3n) is 3.56. The van der Waals surface area contributed by atoms with Crippen molar-refractivity contribution in [2.75, 3.05) is 19.7 Å². The van der Waals surface area contributed by atoms with Crippen LogP contribution in [-0.2, 0) is 9.53 Å². The van der Waals surface area contributed by atoms with E-state index in [1.165, 1.54) is 0 Å². The number of rotatable bonds is 3. The van der Waals surface area contributed by atoms with Gasteiger partial charge < -0.3 is 9.84 Å². The minimum Gasteiger partial charge on any atom is -0.458 e. The van der Waals surface area contributed by atoms with Crippen molar-refractivity contribution in [1.29, 1.82) is 0 Å². The Balaban J connectivity index is 1.90. The molecular weight excluding hydrogens is 218 g/mol. The number of fused-ring (bicyclic) bond motifs is 1. The molecule has 0 radical (unpaired) electrons. The molecule has 0 aromatic heterocycles. The maximum absolute atomic E-state index is 11.5. The molecule has 0 amide bonds. The van der Waals surface area contributed by atoms with Gasteiger partial charge in [0.05, 0.1) is 12.1 Å². The van der Waals surface area contributed by atoms with Crippen LogP contribution < -0.4 is 0 Å². The third kappa shape index (κ3) is 2.42. The SMILES string of the molecule is C/C=C(\C)C(=O)OCC1=CCN2CC[C@@H](O)[C@@H]12. The summed E-state index contributed by atoms with van der Waals surface area (Å²) < 4.78 is 5.22. The molecule has 1 saturated heterocycles. The standard InChI is InChI=1S/C13H19NO3/c1-3-9(2)13(16)17-8-10-4-6-14-7-5-11(15)12(10)14/h3-4,11-12,15H,5-8H2,1-2H3/b9-3+/t11-,12-/m1/s1. The molecule has 2 aliphatic rings. The van der Waals surface area contributed by atoms with E-state index in [0.29, 0.717) is 12.2 Å². The first-order chi connectivity index (χ1) is 8.13. The van der Waals surface area contributed by atoms with Crippen molar-refractivity contribution in [2.24, 2.45) is 0 Å². The van der Waals surface area contributed by atoms with E-state index in [1.807, 2.05) is 6.92 Å². The molecule has 2 rings (SSSR count). The normalized spacial score (nSPS) is 29.1. The predicted molar refractivity (Wildman–Crippen MR) is 64.5 cm³/mol. The van der Waals surface area contributed by atoms with Crippen molar-refractivity contribution in [1.82, 2.24) is 4.90 Å². The van der Waals surface area contributed by atoms with Crippen molar-refractivity contribution >= 4 is 5.97 Å². The van der Waals surface area contributed by atoms with Crippen molar-refractivity contribution in [2.45, 2.75) is 32.4 Å². The van der Waals surface area contributed by atoms with Crippen LogP contribution >= 0.6 is 0 Å². The fourth-order valence-corrected chi connectivity index (χ4v) is 2.40. The van der Waals surface area contributed by atoms with Crippen LogP contribution in [-0.4, -0.2) is 47.8 Å². The molecule has 0 aromatic rings. The Kier molecular flexibility index (Phi) is 3.64. The summed E-state index contributed by atoms with van der Waals surface area (Å²) in [6, 6.07) is 0.0636. The number of carbonyl (C=O) groups excluding carboxylic acids is 1. The maximum Gasteiger partial charge on any atom is 0.333 e. The number of nitrogens with zero attached hydrogens (tertiary/aromatic N) is 1. The largest absolute Gasteiger partial charge is 0.458 e. The molecule has 0 saturated carbocycles. The van der Waals surface area contributed by atoms with Gasteiger partial charge in [0.1, 0.15) is 6.61 Å². The first-order valence-electron chi connectivity index (χ1n) is 6.04. The first-order valence-corrected chi connectivity index (χ1v) is 6.04. The van der Waals surface area contributed by atoms with Crippen LogP contribution in [0.5, 0.6) is 0 Å². The number of hydrogen-bond acceptors (Lipinski definition) is 4. The number of aliphatic hydroxyl groups excluding tert-OH is 1. The number of hydrogen-bond donors (Lipinski definition) is 1. The number of esters is 1. The molecule has 4 heteroatoms. The number of allylic oxidation sites excluding steroid dienone is 1. The summed E-state index contributed by atoms with van der Waals surface area (Å²) in [6.07, 6.45) is 4.29. The molecule has 17 heavy (non-hydrogen) atoms. The minimum absolute atomic E-state index is 0.0636. The van der Waals surface area contributed by atoms with Gasteiger partial charge in [-0.15, -0.1) is 0 Å². The van der Waals surface area contributed by atoms with Gasteiger partial charge in [-0.3, -0.25) is 4.90 Å². The Morgan fingerprint density at radius 2 is 2.47 bits per heavy atom. The van der Waals surface area contributed by atoms with Crippen LogP contribution in [0.25, 0.3) is 0 Å². The zero-order valence-electron chi connectivity index (χ0n) is 10.3. The van der Waals surface area contributed by atoms with Crippen molar-refractivity contribution in [3.63, 3.8) is 0 Å². The maximum atomic E-state index is 11.5. The molecule has 94 valence electrons. The Morgan fingerprint density at radius 3 is 3.18 bits per heavy atom. The second-order valence-corrected chi connectivity index (χ2v) is 4.62. The third-order valence-corrected chi connectivity index (χ3v) is 3.56. The van der Waals surface area contributed by atoms with Gasteiger partial charge in [0, 0.05) is 18.7 Å². The topological polar surface area (TPSA) is 49.8 Å². The van der Waals surface area contributed by atoms with E-state index >= 15 is 0 Å². The highest BCUT2D eigenvalue weighted by atomic mass is 16.5. The predicted octanol–water partition coefficient (Wildman–Crippen LogP) is 0.871. The molecule has 4 nitrogen and oxygen atoms in total. The lowest BCUT2D eigenvalue weighted by Crippen LogP contribution is -2.33. The quantitative estimate of drug-likeness (QED) is 0.449. The molecule has 2 aliphatic heterocycles. The molecule has 0 bridgehead atoms. The molecule has 1 fully saturated rings. The Morgan fingerprint density at radius 1 is 1.71 bits per heavy atom. The molecule has 0 aromatic carbocycles. The van der Waals surface area contributed by atoms with Crippen molar-refractivity contribution in [3.8, 4) is 0 Å². The zero-order chi connectivity index (χ0) is 12.4. The Bertz CT molecular complexity index is 373. The summed E-state index contributed by atoms with van der Waals surface area (Å²) >= 11 is 0. The lowest BCUT2D eigenvalue weighted by Gasteiger charge is -2.20. The van der Waals surface area contributed by atoms with Crippen LogP contribution in [0.1, 0.15) is 20.3 Å². The van der Waals surface area contributed by atoms with Gasteiger partial charge in [0.2, 0.25) is 0 Å². The van der Waals surface area contributed by atoms with Gasteiger partial charge in [-0.1, -0.05) is 12.2 Å². The molecule has 0 unspecified atom stereocenters. The van der Waals surface area contributed by atoms with Gasteiger partial charge in [-0.2, -0.15) is 0 Å². The average Bonchev–Trinajstić information content (AvgIpc) is 2.89. The van der Waals surface area contributed by atoms with E-state index in [1.54, 1.807) is 13.0 Å². The summed E-state index contributed by atoms with van der Waals surface area (Å²) in [5.74, 6) is -0.278. The summed E-state index contributed by atoms with van der Waals surface area (Å²) in [7, 11) is 0. The molecule has 2 atom stereocenters. The van der Waals surface area contributed by atoms with Gasteiger partial charge >= 0.3 is 5.97 Å². The molecule has 1 N–H and O–H groups in total. The van der Waals surface area contributed by atoms with E-state index in [-0.39, 0.29) is 18.1 Å². The van der Waals surface area contributed by atoms with E-state index in [4.69, 9.17) is 4.74 Å². The van der Waals surface area contributed by atoms with Crippen LogP contribution in [0.15, 0.2) is 23.3 Å². The number of carbonyl (C=O) groups is 1. The fourth-order valence-electron chi connectivity index (χ4n) is 2.40. The second-order valence-electron chi connectivity index (χ2n) is 4.62. The summed E-state index contributed by atoms with van der Waals surface area (Å²) in [4.78, 5) is 13.7. The van der Waals surface area contributed by atoms with Gasteiger partial charge in [-0.25, -0.2) is 4.79 Å². The molecular formula is C13H19NO3. The van der Waals surface area contributed by atoms with Crippen LogP contribution in [0.4, 0.5) is 0 Å². The second kappa shape index (κ2) is 5.02.